The summed E-state index contributed by atoms with van der Waals surface area (Å²) >= 11 is 0. The lowest BCUT2D eigenvalue weighted by Crippen LogP contribution is -2.50. The van der Waals surface area contributed by atoms with Gasteiger partial charge in [0.15, 0.2) is 0 Å². The number of carbonyl (C=O) groups is 1. The van der Waals surface area contributed by atoms with Crippen LogP contribution in [-0.4, -0.2) is 52.9 Å². The third-order valence-corrected chi connectivity index (χ3v) is 3.80. The smallest absolute Gasteiger partial charge is 0.292 e. The van der Waals surface area contributed by atoms with Crippen LogP contribution in [-0.2, 0) is 0 Å². The van der Waals surface area contributed by atoms with Crippen molar-refractivity contribution in [3.63, 3.8) is 0 Å². The summed E-state index contributed by atoms with van der Waals surface area (Å²) in [6.45, 7) is 7.27. The van der Waals surface area contributed by atoms with Gasteiger partial charge in [-0.1, -0.05) is 0 Å². The number of piperazine rings is 1. The van der Waals surface area contributed by atoms with Crippen LogP contribution in [0.4, 0.5) is 11.4 Å². The molecule has 1 aromatic rings. The van der Waals surface area contributed by atoms with Crippen molar-refractivity contribution in [1.82, 2.24) is 9.80 Å². The van der Waals surface area contributed by atoms with Crippen molar-refractivity contribution in [3.8, 4) is 0 Å². The summed E-state index contributed by atoms with van der Waals surface area (Å²) in [6, 6.07) is 4.60. The minimum absolute atomic E-state index is 0.0201. The molecule has 0 bridgehead atoms. The third kappa shape index (κ3) is 3.30. The third-order valence-electron chi connectivity index (χ3n) is 3.80. The highest BCUT2D eigenvalue weighted by molar-refractivity contribution is 5.95. The second-order valence-electron chi connectivity index (χ2n) is 5.45. The van der Waals surface area contributed by atoms with Gasteiger partial charge in [-0.15, -0.1) is 0 Å². The minimum Gasteiger partial charge on any atom is -0.393 e. The number of nitrogens with two attached hydrogens (primary N) is 1. The van der Waals surface area contributed by atoms with Gasteiger partial charge in [-0.2, -0.15) is 0 Å². The molecule has 21 heavy (non-hydrogen) atoms. The maximum absolute atomic E-state index is 12.4. The van der Waals surface area contributed by atoms with Crippen LogP contribution in [0.5, 0.6) is 0 Å². The number of hydrogen-bond donors (Lipinski definition) is 1. The van der Waals surface area contributed by atoms with E-state index in [2.05, 4.69) is 18.7 Å². The molecule has 0 spiro atoms. The Bertz CT molecular complexity index is 551. The zero-order valence-electron chi connectivity index (χ0n) is 12.3. The molecule has 7 heteroatoms. The zero-order chi connectivity index (χ0) is 15.6. The van der Waals surface area contributed by atoms with Crippen LogP contribution in [0.3, 0.4) is 0 Å². The van der Waals surface area contributed by atoms with Crippen molar-refractivity contribution >= 4 is 17.3 Å². The van der Waals surface area contributed by atoms with Gasteiger partial charge in [0.05, 0.1) is 4.92 Å². The van der Waals surface area contributed by atoms with E-state index < -0.39 is 4.92 Å². The summed E-state index contributed by atoms with van der Waals surface area (Å²) in [4.78, 5) is 26.6. The van der Waals surface area contributed by atoms with E-state index in [0.717, 1.165) is 13.1 Å². The van der Waals surface area contributed by atoms with E-state index in [9.17, 15) is 14.9 Å². The topological polar surface area (TPSA) is 92.7 Å². The quantitative estimate of drug-likeness (QED) is 0.515. The Hall–Kier alpha value is -2.15. The normalized spacial score (nSPS) is 16.2. The van der Waals surface area contributed by atoms with Crippen LogP contribution < -0.4 is 5.73 Å². The molecule has 114 valence electrons. The first-order valence-corrected chi connectivity index (χ1v) is 6.97. The van der Waals surface area contributed by atoms with Crippen molar-refractivity contribution in [1.29, 1.82) is 0 Å². The number of nitrogen functional groups attached to an aromatic ring is 1. The standard InChI is InChI=1S/C14H20N4O3/c1-10(2)16-5-7-17(8-6-16)14(19)11-3-4-13(18(20)21)12(15)9-11/h3-4,9-10H,5-8,15H2,1-2H3. The molecule has 0 aliphatic carbocycles. The highest BCUT2D eigenvalue weighted by Crippen LogP contribution is 2.23. The summed E-state index contributed by atoms with van der Waals surface area (Å²) in [6.07, 6.45) is 0. The Labute approximate surface area is 123 Å². The molecule has 1 aromatic carbocycles. The number of anilines is 1. The van der Waals surface area contributed by atoms with E-state index in [4.69, 9.17) is 5.73 Å². The number of hydrogen-bond acceptors (Lipinski definition) is 5. The number of nitro groups is 1. The van der Waals surface area contributed by atoms with Crippen LogP contribution in [0.25, 0.3) is 0 Å². The van der Waals surface area contributed by atoms with E-state index in [-0.39, 0.29) is 17.3 Å². The fraction of sp³-hybridized carbons (Fsp3) is 0.500. The lowest BCUT2D eigenvalue weighted by Gasteiger charge is -2.37. The molecule has 1 fully saturated rings. The summed E-state index contributed by atoms with van der Waals surface area (Å²) in [5.41, 5.74) is 5.88. The second kappa shape index (κ2) is 6.09. The molecule has 0 saturated carbocycles. The van der Waals surface area contributed by atoms with Gasteiger partial charge in [0, 0.05) is 43.9 Å². The molecule has 2 N–H and O–H groups in total. The minimum atomic E-state index is -0.551. The maximum Gasteiger partial charge on any atom is 0.292 e. The molecule has 1 saturated heterocycles. The predicted octanol–water partition coefficient (Wildman–Crippen LogP) is 1.34. The Morgan fingerprint density at radius 3 is 2.38 bits per heavy atom. The van der Waals surface area contributed by atoms with E-state index in [0.29, 0.717) is 24.7 Å². The summed E-state index contributed by atoms with van der Waals surface area (Å²) in [5, 5.41) is 10.7. The number of carbonyl (C=O) groups excluding carboxylic acids is 1. The van der Waals surface area contributed by atoms with Gasteiger partial charge >= 0.3 is 0 Å². The Morgan fingerprint density at radius 2 is 1.90 bits per heavy atom. The molecule has 1 aliphatic rings. The van der Waals surface area contributed by atoms with E-state index >= 15 is 0 Å². The highest BCUT2D eigenvalue weighted by Gasteiger charge is 2.24. The van der Waals surface area contributed by atoms with Crippen LogP contribution in [0.2, 0.25) is 0 Å². The lowest BCUT2D eigenvalue weighted by atomic mass is 10.1. The number of benzene rings is 1. The van der Waals surface area contributed by atoms with Crippen LogP contribution in [0.15, 0.2) is 18.2 Å². The molecule has 0 unspecified atom stereocenters. The fourth-order valence-electron chi connectivity index (χ4n) is 2.48. The van der Waals surface area contributed by atoms with E-state index in [1.54, 1.807) is 4.90 Å². The van der Waals surface area contributed by atoms with Gasteiger partial charge in [-0.05, 0) is 26.0 Å². The molecule has 0 aromatic heterocycles. The van der Waals surface area contributed by atoms with Gasteiger partial charge in [0.25, 0.3) is 11.6 Å². The lowest BCUT2D eigenvalue weighted by molar-refractivity contribution is -0.383. The largest absolute Gasteiger partial charge is 0.393 e. The van der Waals surface area contributed by atoms with Crippen molar-refractivity contribution < 1.29 is 9.72 Å². The Balaban J connectivity index is 2.08. The fourth-order valence-corrected chi connectivity index (χ4v) is 2.48. The molecule has 0 radical (unpaired) electrons. The number of amides is 1. The van der Waals surface area contributed by atoms with Gasteiger partial charge in [0.2, 0.25) is 0 Å². The van der Waals surface area contributed by atoms with Gasteiger partial charge in [0.1, 0.15) is 5.69 Å². The van der Waals surface area contributed by atoms with Crippen LogP contribution in [0.1, 0.15) is 24.2 Å². The van der Waals surface area contributed by atoms with Crippen LogP contribution >= 0.6 is 0 Å². The van der Waals surface area contributed by atoms with Crippen LogP contribution in [0, 0.1) is 10.1 Å². The van der Waals surface area contributed by atoms with E-state index in [1.807, 2.05) is 0 Å². The average Bonchev–Trinajstić information content (AvgIpc) is 2.46. The van der Waals surface area contributed by atoms with Crippen molar-refractivity contribution in [2.75, 3.05) is 31.9 Å². The highest BCUT2D eigenvalue weighted by atomic mass is 16.6. The van der Waals surface area contributed by atoms with Gasteiger partial charge in [-0.25, -0.2) is 0 Å². The molecular weight excluding hydrogens is 272 g/mol. The van der Waals surface area contributed by atoms with Gasteiger partial charge < -0.3 is 10.6 Å². The second-order valence-corrected chi connectivity index (χ2v) is 5.45. The van der Waals surface area contributed by atoms with Crippen molar-refractivity contribution in [3.05, 3.63) is 33.9 Å². The summed E-state index contributed by atoms with van der Waals surface area (Å²) in [7, 11) is 0. The Morgan fingerprint density at radius 1 is 1.29 bits per heavy atom. The molecular formula is C14H20N4O3. The Kier molecular flexibility index (Phi) is 4.42. The number of nitrogens with zero attached hydrogens (tertiary/aromatic N) is 3. The van der Waals surface area contributed by atoms with E-state index in [1.165, 1.54) is 18.2 Å². The molecule has 1 heterocycles. The first kappa shape index (κ1) is 15.2. The van der Waals surface area contributed by atoms with Crippen molar-refractivity contribution in [2.45, 2.75) is 19.9 Å². The molecule has 0 atom stereocenters. The predicted molar refractivity (Wildman–Crippen MR) is 80.1 cm³/mol. The number of nitro benzene ring substituents is 1. The summed E-state index contributed by atoms with van der Waals surface area (Å²) in [5.74, 6) is -0.125. The molecule has 1 aliphatic heterocycles. The first-order chi connectivity index (χ1) is 9.90. The maximum atomic E-state index is 12.4. The number of rotatable bonds is 3. The zero-order valence-corrected chi connectivity index (χ0v) is 12.3. The summed E-state index contributed by atoms with van der Waals surface area (Å²) < 4.78 is 0. The molecule has 1 amide bonds. The monoisotopic (exact) mass is 292 g/mol. The van der Waals surface area contributed by atoms with Crippen molar-refractivity contribution in [2.24, 2.45) is 0 Å². The SMILES string of the molecule is CC(C)N1CCN(C(=O)c2ccc([N+](=O)[O-])c(N)c2)CC1. The molecule has 7 nitrogen and oxygen atoms in total. The molecule has 2 rings (SSSR count). The van der Waals surface area contributed by atoms with Gasteiger partial charge in [-0.3, -0.25) is 19.8 Å². The first-order valence-electron chi connectivity index (χ1n) is 6.97. The average molecular weight is 292 g/mol.